The van der Waals surface area contributed by atoms with Gasteiger partial charge in [-0.05, 0) is 201 Å². The Morgan fingerprint density at radius 2 is 0.469 bits per heavy atom. The van der Waals surface area contributed by atoms with Crippen LogP contribution in [0.2, 0.25) is 5.02 Å². The van der Waals surface area contributed by atoms with E-state index >= 15 is 0 Å². The number of pyridine rings is 2. The van der Waals surface area contributed by atoms with Crippen molar-refractivity contribution in [2.75, 3.05) is 92.6 Å². The van der Waals surface area contributed by atoms with Crippen molar-refractivity contribution in [3.63, 3.8) is 0 Å². The number of carbonyl (C=O) groups excluding carboxylic acids is 1. The van der Waals surface area contributed by atoms with Gasteiger partial charge in [-0.1, -0.05) is 230 Å². The molecule has 7 aromatic heterocycles. The molecule has 15 N–H and O–H groups in total. The first-order chi connectivity index (χ1) is 70.4. The van der Waals surface area contributed by atoms with Crippen molar-refractivity contribution in [3.05, 3.63) is 436 Å². The number of benzene rings is 13. The molecule has 20 aromatic rings. The lowest BCUT2D eigenvalue weighted by molar-refractivity contribution is 0.0527. The minimum atomic E-state index is -0.421. The Kier molecular flexibility index (Phi) is 34.6. The zero-order chi connectivity index (χ0) is 97.9. The SMILES string of the molecule is CCOC(=O)c1ccccc1Nc1nc(Nc2ccccc2)nc(Nc2ccccc2)n1.CSc1cccc(Nc2nc(Nc3ccccc3)nc(Nc3ccccc3)n2)c1.Clc1ccccc1Nc1nc(Nc2ccccc2)nc(Nc2ccccc2)n1.c1ccc(Nc2nc(Nc3ccccc3)nc(Nc3ccccn3)n2)cc1.c1ccc(Nc2nc(Nc3ccccc3)nc(Nc3ccncc3)n2)cc1. The van der Waals surface area contributed by atoms with Gasteiger partial charge in [-0.25, -0.2) is 9.78 Å². The molecule has 7 heterocycles. The van der Waals surface area contributed by atoms with Gasteiger partial charge in [-0.2, -0.15) is 74.8 Å². The van der Waals surface area contributed by atoms with Crippen LogP contribution in [0.4, 0.5) is 175 Å². The summed E-state index contributed by atoms with van der Waals surface area (Å²) < 4.78 is 5.15. The molecule has 0 saturated heterocycles. The van der Waals surface area contributed by atoms with Crippen molar-refractivity contribution < 1.29 is 9.53 Å². The van der Waals surface area contributed by atoms with E-state index in [2.05, 4.69) is 177 Å². The predicted molar refractivity (Wildman–Crippen MR) is 573 cm³/mol. The van der Waals surface area contributed by atoms with Crippen LogP contribution in [0.3, 0.4) is 0 Å². The molecule has 143 heavy (non-hydrogen) atoms. The maximum Gasteiger partial charge on any atom is 0.340 e. The molecule has 0 amide bonds. The van der Waals surface area contributed by atoms with Crippen molar-refractivity contribution in [2.24, 2.45) is 0 Å². The Bertz CT molecular complexity index is 6710. The Balaban J connectivity index is 0.000000129. The third-order valence-corrected chi connectivity index (χ3v) is 20.5. The smallest absolute Gasteiger partial charge is 0.340 e. The maximum absolute atomic E-state index is 12.3. The van der Waals surface area contributed by atoms with Crippen LogP contribution in [-0.4, -0.2) is 104 Å². The van der Waals surface area contributed by atoms with Crippen molar-refractivity contribution in [1.82, 2.24) is 84.7 Å². The van der Waals surface area contributed by atoms with Crippen LogP contribution in [0.1, 0.15) is 17.3 Å². The molecule has 0 unspecified atom stereocenters. The van der Waals surface area contributed by atoms with Gasteiger partial charge in [0.1, 0.15) is 5.82 Å². The van der Waals surface area contributed by atoms with Crippen LogP contribution in [0.25, 0.3) is 0 Å². The van der Waals surface area contributed by atoms with Crippen LogP contribution >= 0.6 is 23.4 Å². The molecule has 13 aromatic carbocycles. The minimum absolute atomic E-state index is 0.272. The van der Waals surface area contributed by atoms with Gasteiger partial charge in [0.15, 0.2) is 0 Å². The highest BCUT2D eigenvalue weighted by Gasteiger charge is 2.19. The van der Waals surface area contributed by atoms with Crippen molar-refractivity contribution in [3.8, 4) is 0 Å². The molecule has 0 radical (unpaired) electrons. The van der Waals surface area contributed by atoms with E-state index in [0.717, 1.165) is 73.1 Å². The minimum Gasteiger partial charge on any atom is -0.462 e. The summed E-state index contributed by atoms with van der Waals surface area (Å²) >= 11 is 7.93. The number of aromatic nitrogens is 17. The van der Waals surface area contributed by atoms with Crippen molar-refractivity contribution in [2.45, 2.75) is 11.8 Å². The highest BCUT2D eigenvalue weighted by Crippen LogP contribution is 2.32. The third kappa shape index (κ3) is 31.4. The van der Waals surface area contributed by atoms with Gasteiger partial charge in [0.25, 0.3) is 0 Å². The number of halogens is 1. The number of para-hydroxylation sites is 12. The largest absolute Gasteiger partial charge is 0.462 e. The summed E-state index contributed by atoms with van der Waals surface area (Å²) in [5.41, 5.74) is 12.2. The molecule has 0 atom stereocenters. The number of hydrogen-bond donors (Lipinski definition) is 15. The lowest BCUT2D eigenvalue weighted by Crippen LogP contribution is -2.10. The summed E-state index contributed by atoms with van der Waals surface area (Å²) in [7, 11) is 0. The van der Waals surface area contributed by atoms with Gasteiger partial charge in [-0.3, -0.25) is 4.98 Å². The average molecular weight is 1930 g/mol. The second kappa shape index (κ2) is 51.3. The molecule has 0 fully saturated rings. The summed E-state index contributed by atoms with van der Waals surface area (Å²) in [6.07, 6.45) is 7.16. The number of rotatable bonds is 33. The van der Waals surface area contributed by atoms with E-state index in [1.165, 1.54) is 0 Å². The summed E-state index contributed by atoms with van der Waals surface area (Å²) in [6.45, 7) is 2.05. The Morgan fingerprint density at radius 1 is 0.238 bits per heavy atom. The maximum atomic E-state index is 12.3. The zero-order valence-electron chi connectivity index (χ0n) is 76.8. The fourth-order valence-electron chi connectivity index (χ4n) is 13.0. The van der Waals surface area contributed by atoms with Crippen LogP contribution < -0.4 is 79.8 Å². The van der Waals surface area contributed by atoms with E-state index < -0.39 is 5.97 Å². The van der Waals surface area contributed by atoms with Gasteiger partial charge in [0.05, 0.1) is 28.6 Å². The van der Waals surface area contributed by atoms with Gasteiger partial charge < -0.3 is 84.5 Å². The van der Waals surface area contributed by atoms with Crippen LogP contribution in [0.15, 0.2) is 430 Å². The molecule has 36 heteroatoms. The molecular formula is C107H93ClN32O2S. The molecule has 706 valence electrons. The first kappa shape index (κ1) is 96.4. The van der Waals surface area contributed by atoms with Gasteiger partial charge in [0, 0.05) is 91.7 Å². The molecule has 0 saturated carbocycles. The third-order valence-electron chi connectivity index (χ3n) is 19.4. The molecule has 0 spiro atoms. The topological polar surface area (TPSA) is 426 Å². The number of nitrogens with zero attached hydrogens (tertiary/aromatic N) is 17. The number of hydrogen-bond acceptors (Lipinski definition) is 35. The van der Waals surface area contributed by atoms with Gasteiger partial charge in [-0.15, -0.1) is 11.8 Å². The molecular weight excluding hydrogens is 1830 g/mol. The number of nitrogens with one attached hydrogen (secondary N) is 15. The highest BCUT2D eigenvalue weighted by atomic mass is 35.5. The lowest BCUT2D eigenvalue weighted by atomic mass is 10.2. The second-order valence-corrected chi connectivity index (χ2v) is 31.3. The molecule has 0 aliphatic heterocycles. The van der Waals surface area contributed by atoms with E-state index in [1.807, 2.05) is 376 Å². The number of ether oxygens (including phenoxy) is 1. The van der Waals surface area contributed by atoms with E-state index in [0.29, 0.717) is 111 Å². The van der Waals surface area contributed by atoms with Crippen molar-refractivity contribution in [1.29, 1.82) is 0 Å². The van der Waals surface area contributed by atoms with E-state index in [-0.39, 0.29) is 12.6 Å². The molecule has 0 aliphatic carbocycles. The summed E-state index contributed by atoms with van der Waals surface area (Å²) in [4.78, 5) is 88.9. The number of carbonyl (C=O) groups is 1. The molecule has 0 aliphatic rings. The lowest BCUT2D eigenvalue weighted by Gasteiger charge is -2.13. The van der Waals surface area contributed by atoms with Gasteiger partial charge in [0.2, 0.25) is 89.2 Å². The normalized spacial score (nSPS) is 10.3. The molecule has 20 rings (SSSR count). The Morgan fingerprint density at radius 3 is 0.741 bits per heavy atom. The predicted octanol–water partition coefficient (Wildman–Crippen LogP) is 25.9. The Labute approximate surface area is 833 Å². The zero-order valence-corrected chi connectivity index (χ0v) is 78.4. The highest BCUT2D eigenvalue weighted by molar-refractivity contribution is 7.98. The fourth-order valence-corrected chi connectivity index (χ4v) is 13.6. The second-order valence-electron chi connectivity index (χ2n) is 30.0. The summed E-state index contributed by atoms with van der Waals surface area (Å²) in [5.74, 6) is 6.29. The van der Waals surface area contributed by atoms with Crippen LogP contribution in [-0.2, 0) is 4.74 Å². The van der Waals surface area contributed by atoms with E-state index in [9.17, 15) is 4.79 Å². The van der Waals surface area contributed by atoms with E-state index in [1.54, 1.807) is 61.5 Å². The molecule has 34 nitrogen and oxygen atoms in total. The summed E-state index contributed by atoms with van der Waals surface area (Å²) in [5, 5.41) is 48.4. The monoisotopic (exact) mass is 1920 g/mol. The standard InChI is InChI=1S/C24H22N6O2.C22H20N6S.C21H17ClN6.2C20H17N7/c1-2-32-21(31)19-15-9-10-16-20(19)27-24-29-22(25-17-11-5-3-6-12-17)28-23(30-24)26-18-13-7-4-8-14-18;1-29-19-14-8-13-18(15-19)25-22-27-20(23-16-9-4-2-5-10-16)26-21(28-22)24-17-11-6-3-7-12-17;22-17-13-7-8-14-18(17)25-21-27-19(23-15-9-3-1-4-10-15)26-20(28-21)24-16-11-5-2-6-12-16;1-3-9-15(10-4-1)22-18-25-19(23-16-11-5-2-6-12-16)27-20(26-18)24-17-13-7-8-14-21-17;1-3-7-15(8-4-1)22-18-25-19(23-16-9-5-2-6-10-16)27-20(26-18)24-17-11-13-21-14-12-17/h3-16H,2H2,1H3,(H3,25,26,27,28,29,30);2-15H,1H3,(H3,23,24,25,26,27,28);1-14H,(H3,23,24,25,26,27,28);2*1-14H,(H3,21,22,23,24,25,26,27). The Hall–Kier alpha value is -19.7. The number of thioether (sulfide) groups is 1. The molecule has 0 bridgehead atoms. The summed E-state index contributed by atoms with van der Waals surface area (Å²) in [6, 6.07) is 129. The fraction of sp³-hybridized carbons (Fsp3) is 0.0280. The first-order valence-electron chi connectivity index (χ1n) is 44.8. The van der Waals surface area contributed by atoms with E-state index in [4.69, 9.17) is 16.3 Å². The number of esters is 1. The van der Waals surface area contributed by atoms with Crippen LogP contribution in [0, 0.1) is 0 Å². The van der Waals surface area contributed by atoms with Crippen LogP contribution in [0.5, 0.6) is 0 Å². The number of anilines is 30. The quantitative estimate of drug-likeness (QED) is 0.0134. The van der Waals surface area contributed by atoms with Gasteiger partial charge >= 0.3 is 5.97 Å². The average Bonchev–Trinajstić information content (AvgIpc) is 0.841. The van der Waals surface area contributed by atoms with Crippen molar-refractivity contribution >= 4 is 204 Å². The first-order valence-corrected chi connectivity index (χ1v) is 46.4.